The van der Waals surface area contributed by atoms with Gasteiger partial charge in [-0.1, -0.05) is 66.7 Å². The fourth-order valence-electron chi connectivity index (χ4n) is 4.12. The monoisotopic (exact) mass is 364 g/mol. The van der Waals surface area contributed by atoms with E-state index in [9.17, 15) is 0 Å². The van der Waals surface area contributed by atoms with E-state index in [2.05, 4.69) is 88.6 Å². The summed E-state index contributed by atoms with van der Waals surface area (Å²) in [6.07, 6.45) is 6.20. The first-order chi connectivity index (χ1) is 13.8. The molecule has 28 heavy (non-hydrogen) atoms. The highest BCUT2D eigenvalue weighted by Crippen LogP contribution is 2.28. The summed E-state index contributed by atoms with van der Waals surface area (Å²) < 4.78 is 2.14. The van der Waals surface area contributed by atoms with E-state index in [0.29, 0.717) is 0 Å². The van der Waals surface area contributed by atoms with E-state index in [4.69, 9.17) is 0 Å². The van der Waals surface area contributed by atoms with Crippen LogP contribution in [0.4, 0.5) is 0 Å². The van der Waals surface area contributed by atoms with Gasteiger partial charge in [-0.05, 0) is 65.6 Å². The van der Waals surface area contributed by atoms with E-state index in [-0.39, 0.29) is 0 Å². The molecule has 0 N–H and O–H groups in total. The van der Waals surface area contributed by atoms with Gasteiger partial charge >= 0.3 is 0 Å². The molecule has 0 radical (unpaired) electrons. The lowest BCUT2D eigenvalue weighted by atomic mass is 9.92. The number of hydrogen-bond acceptors (Lipinski definition) is 1. The topological polar surface area (TPSA) is 17.8 Å². The average Bonchev–Trinajstić information content (AvgIpc) is 3.18. The van der Waals surface area contributed by atoms with Crippen LogP contribution in [0.5, 0.6) is 0 Å². The Bertz CT molecular complexity index is 1080. The van der Waals surface area contributed by atoms with Gasteiger partial charge in [-0.25, -0.2) is 0 Å². The maximum atomic E-state index is 4.64. The highest BCUT2D eigenvalue weighted by atomic mass is 15.3. The van der Waals surface area contributed by atoms with Crippen LogP contribution in [-0.2, 0) is 32.2 Å². The Labute approximate surface area is 166 Å². The van der Waals surface area contributed by atoms with Crippen LogP contribution in [0.15, 0.2) is 85.1 Å². The molecular formula is C26H24N2. The Kier molecular flexibility index (Phi) is 4.54. The largest absolute Gasteiger partial charge is 0.260 e. The highest BCUT2D eigenvalue weighted by Gasteiger charge is 2.13. The minimum Gasteiger partial charge on any atom is -0.260 e. The molecule has 138 valence electrons. The van der Waals surface area contributed by atoms with Crippen molar-refractivity contribution in [1.82, 2.24) is 9.78 Å². The Balaban J connectivity index is 1.53. The maximum absolute atomic E-state index is 4.64. The highest BCUT2D eigenvalue weighted by molar-refractivity contribution is 5.65. The predicted octanol–water partition coefficient (Wildman–Crippen LogP) is 5.48. The van der Waals surface area contributed by atoms with Crippen molar-refractivity contribution in [3.8, 4) is 11.3 Å². The van der Waals surface area contributed by atoms with E-state index in [1.807, 2.05) is 6.20 Å². The Morgan fingerprint density at radius 3 is 2.14 bits per heavy atom. The minimum absolute atomic E-state index is 0.799. The van der Waals surface area contributed by atoms with Crippen LogP contribution in [0.3, 0.4) is 0 Å². The molecule has 2 heteroatoms. The zero-order valence-corrected chi connectivity index (χ0v) is 16.0. The Morgan fingerprint density at radius 1 is 0.679 bits per heavy atom. The van der Waals surface area contributed by atoms with Gasteiger partial charge in [0.1, 0.15) is 0 Å². The van der Waals surface area contributed by atoms with E-state index in [1.165, 1.54) is 39.1 Å². The molecule has 0 saturated carbocycles. The van der Waals surface area contributed by atoms with Crippen LogP contribution in [0, 0.1) is 0 Å². The number of aromatic nitrogens is 2. The van der Waals surface area contributed by atoms with E-state index >= 15 is 0 Å². The normalized spacial score (nSPS) is 13.3. The molecule has 4 aliphatic rings. The molecule has 1 aromatic heterocycles. The molecular weight excluding hydrogens is 340 g/mol. The lowest BCUT2D eigenvalue weighted by molar-refractivity contribution is 0.693. The number of rotatable bonds is 3. The van der Waals surface area contributed by atoms with E-state index in [0.717, 1.165) is 32.2 Å². The molecule has 0 unspecified atom stereocenters. The third-order valence-electron chi connectivity index (χ3n) is 5.75. The van der Waals surface area contributed by atoms with Crippen LogP contribution in [0.2, 0.25) is 0 Å². The second-order valence-electron chi connectivity index (χ2n) is 7.67. The Hall–Kier alpha value is -3.13. The molecule has 8 rings (SSSR count). The predicted molar refractivity (Wildman–Crippen MR) is 114 cm³/mol. The average molecular weight is 364 g/mol. The lowest BCUT2D eigenvalue weighted by Gasteiger charge is -2.16. The van der Waals surface area contributed by atoms with Crippen molar-refractivity contribution in [1.29, 1.82) is 0 Å². The summed E-state index contributed by atoms with van der Waals surface area (Å²) in [4.78, 5) is 0. The summed E-state index contributed by atoms with van der Waals surface area (Å²) in [5.41, 5.74) is 9.46. The van der Waals surface area contributed by atoms with Crippen molar-refractivity contribution in [2.75, 3.05) is 0 Å². The van der Waals surface area contributed by atoms with Gasteiger partial charge in [0.25, 0.3) is 0 Å². The van der Waals surface area contributed by atoms with Crippen LogP contribution in [-0.4, -0.2) is 9.78 Å². The van der Waals surface area contributed by atoms with E-state index < -0.39 is 0 Å². The first kappa shape index (κ1) is 17.0. The van der Waals surface area contributed by atoms with Crippen LogP contribution >= 0.6 is 0 Å². The molecule has 0 spiro atoms. The SMILES string of the molecule is c1ccc(Cn2nccc2-c2cc3ccc2CCc2ccc(cc2)CC3)cc1. The molecule has 0 amide bonds. The summed E-state index contributed by atoms with van der Waals surface area (Å²) in [6, 6.07) is 28.9. The molecule has 3 aromatic carbocycles. The summed E-state index contributed by atoms with van der Waals surface area (Å²) in [7, 11) is 0. The molecule has 4 bridgehead atoms. The third kappa shape index (κ3) is 3.50. The van der Waals surface area contributed by atoms with Gasteiger partial charge in [-0.3, -0.25) is 4.68 Å². The maximum Gasteiger partial charge on any atom is 0.0689 e. The molecule has 0 saturated heterocycles. The van der Waals surface area contributed by atoms with Crippen molar-refractivity contribution in [3.63, 3.8) is 0 Å². The van der Waals surface area contributed by atoms with Crippen molar-refractivity contribution in [2.24, 2.45) is 0 Å². The van der Waals surface area contributed by atoms with Crippen molar-refractivity contribution in [3.05, 3.63) is 113 Å². The molecule has 1 heterocycles. The van der Waals surface area contributed by atoms with Crippen LogP contribution < -0.4 is 0 Å². The summed E-state index contributed by atoms with van der Waals surface area (Å²) in [6.45, 7) is 0.799. The van der Waals surface area contributed by atoms with E-state index in [1.54, 1.807) is 0 Å². The third-order valence-corrected chi connectivity index (χ3v) is 5.75. The Morgan fingerprint density at radius 2 is 1.36 bits per heavy atom. The molecule has 0 fully saturated rings. The second-order valence-corrected chi connectivity index (χ2v) is 7.67. The molecule has 4 aliphatic carbocycles. The number of hydrogen-bond donors (Lipinski definition) is 0. The zero-order chi connectivity index (χ0) is 18.8. The minimum atomic E-state index is 0.799. The molecule has 0 aliphatic heterocycles. The first-order valence-corrected chi connectivity index (χ1v) is 10.1. The summed E-state index contributed by atoms with van der Waals surface area (Å²) in [5.74, 6) is 0. The fourth-order valence-corrected chi connectivity index (χ4v) is 4.12. The number of aryl methyl sites for hydroxylation is 4. The van der Waals surface area contributed by atoms with Crippen molar-refractivity contribution >= 4 is 0 Å². The van der Waals surface area contributed by atoms with Crippen LogP contribution in [0.25, 0.3) is 11.3 Å². The van der Waals surface area contributed by atoms with Crippen LogP contribution in [0.1, 0.15) is 27.8 Å². The van der Waals surface area contributed by atoms with Gasteiger partial charge < -0.3 is 0 Å². The smallest absolute Gasteiger partial charge is 0.0689 e. The van der Waals surface area contributed by atoms with Gasteiger partial charge in [-0.15, -0.1) is 0 Å². The van der Waals surface area contributed by atoms with Gasteiger partial charge in [0, 0.05) is 11.8 Å². The number of benzene rings is 3. The molecule has 2 nitrogen and oxygen atoms in total. The summed E-state index contributed by atoms with van der Waals surface area (Å²) >= 11 is 0. The fraction of sp³-hybridized carbons (Fsp3) is 0.192. The van der Waals surface area contributed by atoms with Crippen molar-refractivity contribution in [2.45, 2.75) is 32.2 Å². The molecule has 0 atom stereocenters. The standard InChI is InChI=1S/C26H24N2/c1-2-4-23(5-3-1)19-28-26(16-17-27-28)25-18-22-11-10-20-6-8-21(9-7-20)12-14-24(25)15-13-22/h1-9,13,15-18H,10-12,14,19H2. The first-order valence-electron chi connectivity index (χ1n) is 10.1. The number of nitrogens with zero attached hydrogens (tertiary/aromatic N) is 2. The van der Waals surface area contributed by atoms with Gasteiger partial charge in [0.2, 0.25) is 0 Å². The van der Waals surface area contributed by atoms with Gasteiger partial charge in [-0.2, -0.15) is 5.10 Å². The van der Waals surface area contributed by atoms with Crippen molar-refractivity contribution < 1.29 is 0 Å². The molecule has 4 aromatic rings. The summed E-state index contributed by atoms with van der Waals surface area (Å²) in [5, 5.41) is 4.64. The quantitative estimate of drug-likeness (QED) is 0.470. The second kappa shape index (κ2) is 7.47. The lowest BCUT2D eigenvalue weighted by Crippen LogP contribution is -2.06. The van der Waals surface area contributed by atoms with Gasteiger partial charge in [0.05, 0.1) is 12.2 Å². The zero-order valence-electron chi connectivity index (χ0n) is 16.0. The van der Waals surface area contributed by atoms with Gasteiger partial charge in [0.15, 0.2) is 0 Å².